The molecule has 0 heterocycles. The number of nitrogens with zero attached hydrogens (tertiary/aromatic N) is 1. The van der Waals surface area contributed by atoms with E-state index in [1.165, 1.54) is 12.1 Å². The summed E-state index contributed by atoms with van der Waals surface area (Å²) in [4.78, 5) is 28.7. The highest BCUT2D eigenvalue weighted by molar-refractivity contribution is 5.88. The van der Waals surface area contributed by atoms with Crippen LogP contribution in [0.1, 0.15) is 44.7 Å². The molecule has 3 aromatic carbocycles. The van der Waals surface area contributed by atoms with Gasteiger partial charge in [0.15, 0.2) is 0 Å². The van der Waals surface area contributed by atoms with Gasteiger partial charge in [-0.1, -0.05) is 42.5 Å². The number of rotatable bonds is 12. The summed E-state index contributed by atoms with van der Waals surface area (Å²) in [5.74, 6) is 0.674. The van der Waals surface area contributed by atoms with Gasteiger partial charge < -0.3 is 19.7 Å². The van der Waals surface area contributed by atoms with E-state index in [-0.39, 0.29) is 30.6 Å². The normalized spacial score (nSPS) is 11.9. The molecular formula is C31H37FN2O4. The number of hydrogen-bond donors (Lipinski definition) is 1. The number of methoxy groups -OCH3 is 1. The minimum absolute atomic E-state index is 0.169. The molecule has 0 bridgehead atoms. The molecular weight excluding hydrogens is 483 g/mol. The summed E-state index contributed by atoms with van der Waals surface area (Å²) < 4.78 is 24.5. The van der Waals surface area contributed by atoms with Crippen molar-refractivity contribution in [1.82, 2.24) is 10.2 Å². The van der Waals surface area contributed by atoms with E-state index in [9.17, 15) is 14.0 Å². The molecule has 0 fully saturated rings. The lowest BCUT2D eigenvalue weighted by Gasteiger charge is -2.34. The summed E-state index contributed by atoms with van der Waals surface area (Å²) in [6.07, 6.45) is 1.03. The van der Waals surface area contributed by atoms with Gasteiger partial charge in [-0.3, -0.25) is 9.59 Å². The Hall–Kier alpha value is -3.87. The predicted octanol–water partition coefficient (Wildman–Crippen LogP) is 5.55. The molecule has 0 saturated carbocycles. The Labute approximate surface area is 224 Å². The highest BCUT2D eigenvalue weighted by atomic mass is 19.1. The Morgan fingerprint density at radius 3 is 2.13 bits per heavy atom. The van der Waals surface area contributed by atoms with Crippen molar-refractivity contribution in [2.45, 2.75) is 58.2 Å². The van der Waals surface area contributed by atoms with Crippen molar-refractivity contribution in [2.75, 3.05) is 13.7 Å². The molecule has 1 atom stereocenters. The lowest BCUT2D eigenvalue weighted by atomic mass is 10.00. The molecule has 0 radical (unpaired) electrons. The Kier molecular flexibility index (Phi) is 10.3. The van der Waals surface area contributed by atoms with Crippen molar-refractivity contribution in [2.24, 2.45) is 0 Å². The topological polar surface area (TPSA) is 67.9 Å². The maximum atomic E-state index is 13.6. The van der Waals surface area contributed by atoms with Gasteiger partial charge in [0.1, 0.15) is 23.4 Å². The predicted molar refractivity (Wildman–Crippen MR) is 147 cm³/mol. The van der Waals surface area contributed by atoms with Crippen LogP contribution in [0.3, 0.4) is 0 Å². The highest BCUT2D eigenvalue weighted by Crippen LogP contribution is 2.19. The van der Waals surface area contributed by atoms with Gasteiger partial charge in [-0.15, -0.1) is 0 Å². The number of benzene rings is 3. The smallest absolute Gasteiger partial charge is 0.243 e. The summed E-state index contributed by atoms with van der Waals surface area (Å²) in [6, 6.07) is 22.2. The fourth-order valence-electron chi connectivity index (χ4n) is 4.02. The van der Waals surface area contributed by atoms with E-state index < -0.39 is 11.6 Å². The fraction of sp³-hybridized carbons (Fsp3) is 0.355. The second-order valence-corrected chi connectivity index (χ2v) is 10.2. The monoisotopic (exact) mass is 520 g/mol. The Morgan fingerprint density at radius 2 is 1.53 bits per heavy atom. The fourth-order valence-corrected chi connectivity index (χ4v) is 4.02. The lowest BCUT2D eigenvalue weighted by Crippen LogP contribution is -2.54. The first-order valence-electron chi connectivity index (χ1n) is 12.8. The van der Waals surface area contributed by atoms with Crippen molar-refractivity contribution in [3.63, 3.8) is 0 Å². The molecule has 3 rings (SSSR count). The Morgan fingerprint density at radius 1 is 0.895 bits per heavy atom. The Bertz CT molecular complexity index is 1160. The average molecular weight is 521 g/mol. The standard InChI is InChI=1S/C31H37FN2O4/c1-31(2,3)33-30(36)28(21-23-9-6-5-7-10-23)34(22-24-12-14-25(32)15-13-24)29(35)11-8-20-38-27-18-16-26(37-4)17-19-27/h5-7,9-10,12-19,28H,8,11,20-22H2,1-4H3,(H,33,36)/t28-/m0/s1. The maximum Gasteiger partial charge on any atom is 0.243 e. The van der Waals surface area contributed by atoms with E-state index in [0.29, 0.717) is 25.2 Å². The molecule has 0 aliphatic rings. The van der Waals surface area contributed by atoms with Gasteiger partial charge in [0.05, 0.1) is 13.7 Å². The molecule has 3 aromatic rings. The third-order valence-corrected chi connectivity index (χ3v) is 5.90. The molecule has 202 valence electrons. The molecule has 6 nitrogen and oxygen atoms in total. The van der Waals surface area contributed by atoms with Crippen LogP contribution >= 0.6 is 0 Å². The van der Waals surface area contributed by atoms with Crippen LogP contribution in [-0.2, 0) is 22.6 Å². The third kappa shape index (κ3) is 9.21. The van der Waals surface area contributed by atoms with Crippen LogP contribution in [0.2, 0.25) is 0 Å². The van der Waals surface area contributed by atoms with E-state index in [4.69, 9.17) is 9.47 Å². The Balaban J connectivity index is 1.78. The van der Waals surface area contributed by atoms with Crippen LogP contribution < -0.4 is 14.8 Å². The summed E-state index contributed by atoms with van der Waals surface area (Å²) in [5, 5.41) is 3.04. The van der Waals surface area contributed by atoms with Gasteiger partial charge in [-0.25, -0.2) is 4.39 Å². The first-order chi connectivity index (χ1) is 18.1. The van der Waals surface area contributed by atoms with Crippen molar-refractivity contribution < 1.29 is 23.5 Å². The van der Waals surface area contributed by atoms with Gasteiger partial charge in [0.2, 0.25) is 11.8 Å². The summed E-state index contributed by atoms with van der Waals surface area (Å²) in [6.45, 7) is 6.26. The molecule has 7 heteroatoms. The number of halogens is 1. The van der Waals surface area contributed by atoms with E-state index in [2.05, 4.69) is 5.32 Å². The first kappa shape index (κ1) is 28.7. The van der Waals surface area contributed by atoms with Crippen LogP contribution in [0.25, 0.3) is 0 Å². The van der Waals surface area contributed by atoms with Crippen LogP contribution in [0.5, 0.6) is 11.5 Å². The minimum Gasteiger partial charge on any atom is -0.497 e. The first-order valence-corrected chi connectivity index (χ1v) is 12.8. The van der Waals surface area contributed by atoms with Crippen LogP contribution in [0, 0.1) is 5.82 Å². The summed E-state index contributed by atoms with van der Waals surface area (Å²) >= 11 is 0. The molecule has 2 amide bonds. The van der Waals surface area contributed by atoms with Gasteiger partial charge in [0.25, 0.3) is 0 Å². The molecule has 0 aliphatic carbocycles. The van der Waals surface area contributed by atoms with Crippen molar-refractivity contribution in [3.05, 3.63) is 95.8 Å². The average Bonchev–Trinajstić information content (AvgIpc) is 2.89. The summed E-state index contributed by atoms with van der Waals surface area (Å²) in [7, 11) is 1.60. The van der Waals surface area contributed by atoms with Crippen molar-refractivity contribution in [1.29, 1.82) is 0 Å². The van der Waals surface area contributed by atoms with E-state index in [1.807, 2.05) is 75.4 Å². The second kappa shape index (κ2) is 13.6. The van der Waals surface area contributed by atoms with Gasteiger partial charge in [-0.2, -0.15) is 0 Å². The van der Waals surface area contributed by atoms with Crippen molar-refractivity contribution >= 4 is 11.8 Å². The molecule has 38 heavy (non-hydrogen) atoms. The number of carbonyl (C=O) groups excluding carboxylic acids is 2. The SMILES string of the molecule is COc1ccc(OCCCC(=O)N(Cc2ccc(F)cc2)[C@@H](Cc2ccccc2)C(=O)NC(C)(C)C)cc1. The van der Waals surface area contributed by atoms with Crippen LogP contribution in [0.4, 0.5) is 4.39 Å². The third-order valence-electron chi connectivity index (χ3n) is 5.90. The van der Waals surface area contributed by atoms with Gasteiger partial charge in [-0.05, 0) is 74.7 Å². The van der Waals surface area contributed by atoms with Crippen LogP contribution in [-0.4, -0.2) is 42.0 Å². The molecule has 0 aromatic heterocycles. The van der Waals surface area contributed by atoms with E-state index in [0.717, 1.165) is 16.9 Å². The lowest BCUT2D eigenvalue weighted by molar-refractivity contribution is -0.142. The second-order valence-electron chi connectivity index (χ2n) is 10.2. The number of amides is 2. The van der Waals surface area contributed by atoms with Crippen molar-refractivity contribution in [3.8, 4) is 11.5 Å². The van der Waals surface area contributed by atoms with Gasteiger partial charge in [0, 0.05) is 24.9 Å². The van der Waals surface area contributed by atoms with Crippen LogP contribution in [0.15, 0.2) is 78.9 Å². The highest BCUT2D eigenvalue weighted by Gasteiger charge is 2.32. The number of hydrogen-bond acceptors (Lipinski definition) is 4. The molecule has 0 spiro atoms. The largest absolute Gasteiger partial charge is 0.497 e. The summed E-state index contributed by atoms with van der Waals surface area (Å²) in [5.41, 5.74) is 1.22. The molecule has 0 unspecified atom stereocenters. The molecule has 0 aliphatic heterocycles. The van der Waals surface area contributed by atoms with Gasteiger partial charge >= 0.3 is 0 Å². The minimum atomic E-state index is -0.739. The van der Waals surface area contributed by atoms with E-state index >= 15 is 0 Å². The zero-order chi connectivity index (χ0) is 27.5. The number of ether oxygens (including phenoxy) is 2. The van der Waals surface area contributed by atoms with E-state index in [1.54, 1.807) is 24.1 Å². The quantitative estimate of drug-likeness (QED) is 0.318. The maximum absolute atomic E-state index is 13.6. The number of carbonyl (C=O) groups is 2. The zero-order valence-corrected chi connectivity index (χ0v) is 22.6. The zero-order valence-electron chi connectivity index (χ0n) is 22.6. The molecule has 0 saturated heterocycles. The molecule has 1 N–H and O–H groups in total. The number of nitrogens with one attached hydrogen (secondary N) is 1.